The van der Waals surface area contributed by atoms with Crippen molar-refractivity contribution in [3.63, 3.8) is 0 Å². The maximum atomic E-state index is 5.10. The van der Waals surface area contributed by atoms with Crippen LogP contribution in [-0.4, -0.2) is 29.9 Å². The quantitative estimate of drug-likeness (QED) is 0.152. The Balaban J connectivity index is 1.46. The molecule has 0 aliphatic heterocycles. The third kappa shape index (κ3) is 5.89. The van der Waals surface area contributed by atoms with Gasteiger partial charge in [-0.25, -0.2) is 0 Å². The molecule has 0 radical (unpaired) electrons. The predicted octanol–water partition coefficient (Wildman–Crippen LogP) is 12.9. The van der Waals surface area contributed by atoms with Crippen LogP contribution < -0.4 is 0 Å². The molecule has 0 bridgehead atoms. The van der Waals surface area contributed by atoms with Crippen LogP contribution in [0.5, 0.6) is 0 Å². The monoisotopic (exact) mass is 767 g/mol. The molecule has 0 atom stereocenters. The van der Waals surface area contributed by atoms with Crippen molar-refractivity contribution in [1.82, 2.24) is 15.4 Å². The summed E-state index contributed by atoms with van der Waals surface area (Å²) in [5.74, 6) is 0. The number of fused-ring (bicyclic) bond motifs is 3. The van der Waals surface area contributed by atoms with Crippen LogP contribution in [0.1, 0.15) is 0 Å². The number of hydrogen-bond donors (Lipinski definition) is 0. The molecule has 3 nitrogen and oxygen atoms in total. The molecule has 0 fully saturated rings. The summed E-state index contributed by atoms with van der Waals surface area (Å²) < 4.78 is 2.78. The number of aromatic nitrogens is 3. The van der Waals surface area contributed by atoms with Crippen LogP contribution in [0, 0.1) is 0 Å². The molecule has 0 spiro atoms. The van der Waals surface area contributed by atoms with Crippen molar-refractivity contribution in [3.05, 3.63) is 200 Å². The molecule has 0 aliphatic rings. The van der Waals surface area contributed by atoms with Crippen LogP contribution in [-0.2, 0) is 0 Å². The van der Waals surface area contributed by atoms with E-state index in [9.17, 15) is 0 Å². The van der Waals surface area contributed by atoms with Gasteiger partial charge in [0.25, 0.3) is 0 Å². The van der Waals surface area contributed by atoms with E-state index in [1.807, 2.05) is 6.07 Å². The minimum atomic E-state index is 0.159. The predicted molar refractivity (Wildman–Crippen MR) is 230 cm³/mol. The Morgan fingerprint density at radius 2 is 0.727 bits per heavy atom. The topological polar surface area (TPSA) is 38.7 Å². The number of rotatable bonds is 7. The Morgan fingerprint density at radius 1 is 0.291 bits per heavy atom. The van der Waals surface area contributed by atoms with Gasteiger partial charge in [-0.2, -0.15) is 0 Å². The van der Waals surface area contributed by atoms with Crippen LogP contribution in [0.2, 0.25) is 0 Å². The standard InChI is InChI=1S/C51H33N3Se/c1-6-18-34(19-7-1)39-30-31-41(36-22-10-3-11-23-36)49(51-45(37-24-12-4-13-25-37)50(52-54-53-51)38-26-14-5-15-27-38)48(39)47-40(35-20-8-2-9-21-35)32-33-44-46(47)42-28-16-17-29-43(42)55-44/h1-33H. The van der Waals surface area contributed by atoms with Crippen LogP contribution in [0.15, 0.2) is 200 Å². The Kier molecular flexibility index (Phi) is 8.53. The summed E-state index contributed by atoms with van der Waals surface area (Å²) in [6.45, 7) is 0. The molecule has 55 heavy (non-hydrogen) atoms. The summed E-state index contributed by atoms with van der Waals surface area (Å²) in [7, 11) is 0. The van der Waals surface area contributed by atoms with Crippen molar-refractivity contribution >= 4 is 33.8 Å². The zero-order valence-electron chi connectivity index (χ0n) is 29.8. The van der Waals surface area contributed by atoms with E-state index in [1.54, 1.807) is 0 Å². The summed E-state index contributed by atoms with van der Waals surface area (Å²) in [4.78, 5) is 0. The van der Waals surface area contributed by atoms with E-state index in [2.05, 4.69) is 199 Å². The Morgan fingerprint density at radius 3 is 1.31 bits per heavy atom. The minimum absolute atomic E-state index is 0.159. The number of nitrogens with zero attached hydrogens (tertiary/aromatic N) is 3. The van der Waals surface area contributed by atoms with Crippen LogP contribution in [0.25, 0.3) is 97.4 Å². The maximum absolute atomic E-state index is 5.10. The van der Waals surface area contributed by atoms with E-state index in [4.69, 9.17) is 10.2 Å². The zero-order valence-corrected chi connectivity index (χ0v) is 31.5. The molecule has 0 saturated heterocycles. The van der Waals surface area contributed by atoms with Gasteiger partial charge in [-0.3, -0.25) is 0 Å². The molecule has 0 N–H and O–H groups in total. The van der Waals surface area contributed by atoms with Gasteiger partial charge in [0, 0.05) is 0 Å². The van der Waals surface area contributed by atoms with Crippen LogP contribution >= 0.6 is 0 Å². The first-order chi connectivity index (χ1) is 27.3. The molecule has 2 heterocycles. The molecular weight excluding hydrogens is 734 g/mol. The molecule has 0 amide bonds. The van der Waals surface area contributed by atoms with E-state index in [0.29, 0.717) is 0 Å². The van der Waals surface area contributed by atoms with Gasteiger partial charge in [-0.05, 0) is 0 Å². The summed E-state index contributed by atoms with van der Waals surface area (Å²) in [6.07, 6.45) is 0. The fourth-order valence-corrected chi connectivity index (χ4v) is 10.3. The first-order valence-corrected chi connectivity index (χ1v) is 20.2. The van der Waals surface area contributed by atoms with Crippen molar-refractivity contribution in [1.29, 1.82) is 0 Å². The van der Waals surface area contributed by atoms with Gasteiger partial charge >= 0.3 is 328 Å². The van der Waals surface area contributed by atoms with Gasteiger partial charge < -0.3 is 0 Å². The van der Waals surface area contributed by atoms with Crippen molar-refractivity contribution in [2.45, 2.75) is 0 Å². The molecule has 10 rings (SSSR count). The van der Waals surface area contributed by atoms with E-state index in [1.165, 1.54) is 36.0 Å². The SMILES string of the molecule is c1ccc(-c2ccc(-c3ccccc3)c(-c3c(-c4ccccc4)ccc4[se]c5ccccc5c34)c2-c2nnnc(-c3ccccc3)c2-c2ccccc2)cc1. The Labute approximate surface area is 326 Å². The molecule has 2 aromatic heterocycles. The zero-order chi connectivity index (χ0) is 36.6. The van der Waals surface area contributed by atoms with E-state index in [-0.39, 0.29) is 14.5 Å². The first kappa shape index (κ1) is 32.9. The fourth-order valence-electron chi connectivity index (χ4n) is 7.93. The van der Waals surface area contributed by atoms with Gasteiger partial charge in [0.2, 0.25) is 0 Å². The normalized spacial score (nSPS) is 11.3. The molecule has 4 heteroatoms. The van der Waals surface area contributed by atoms with Crippen molar-refractivity contribution in [3.8, 4) is 78.1 Å². The first-order valence-electron chi connectivity index (χ1n) is 18.5. The summed E-state index contributed by atoms with van der Waals surface area (Å²) in [6, 6.07) is 71.5. The Hall–Kier alpha value is -6.71. The van der Waals surface area contributed by atoms with Crippen molar-refractivity contribution in [2.24, 2.45) is 0 Å². The van der Waals surface area contributed by atoms with E-state index in [0.717, 1.165) is 61.5 Å². The average molecular weight is 767 g/mol. The van der Waals surface area contributed by atoms with Crippen LogP contribution in [0.4, 0.5) is 0 Å². The van der Waals surface area contributed by atoms with Crippen LogP contribution in [0.3, 0.4) is 0 Å². The van der Waals surface area contributed by atoms with Gasteiger partial charge in [-0.1, -0.05) is 0 Å². The second kappa shape index (κ2) is 14.3. The molecule has 8 aromatic carbocycles. The molecule has 258 valence electrons. The van der Waals surface area contributed by atoms with Gasteiger partial charge in [0.05, 0.1) is 0 Å². The van der Waals surface area contributed by atoms with E-state index < -0.39 is 0 Å². The number of hydrogen-bond acceptors (Lipinski definition) is 3. The van der Waals surface area contributed by atoms with Gasteiger partial charge in [0.1, 0.15) is 0 Å². The summed E-state index contributed by atoms with van der Waals surface area (Å²) in [5.41, 5.74) is 14.7. The fraction of sp³-hybridized carbons (Fsp3) is 0. The molecule has 0 saturated carbocycles. The molecular formula is C51H33N3Se. The second-order valence-electron chi connectivity index (χ2n) is 13.6. The molecule has 10 aromatic rings. The van der Waals surface area contributed by atoms with Gasteiger partial charge in [0.15, 0.2) is 0 Å². The summed E-state index contributed by atoms with van der Waals surface area (Å²) >= 11 is 0.159. The average Bonchev–Trinajstić information content (AvgIpc) is 3.66. The third-order valence-corrected chi connectivity index (χ3v) is 12.7. The molecule has 0 unspecified atom stereocenters. The van der Waals surface area contributed by atoms with E-state index >= 15 is 0 Å². The third-order valence-electron chi connectivity index (χ3n) is 10.4. The number of benzene rings is 8. The summed E-state index contributed by atoms with van der Waals surface area (Å²) in [5, 5.41) is 17.1. The van der Waals surface area contributed by atoms with Gasteiger partial charge in [-0.15, -0.1) is 0 Å². The Bertz CT molecular complexity index is 2940. The second-order valence-corrected chi connectivity index (χ2v) is 15.8. The molecule has 0 aliphatic carbocycles. The van der Waals surface area contributed by atoms with Crippen molar-refractivity contribution in [2.75, 3.05) is 0 Å². The van der Waals surface area contributed by atoms with Crippen molar-refractivity contribution < 1.29 is 0 Å².